The van der Waals surface area contributed by atoms with Crippen molar-refractivity contribution in [1.29, 1.82) is 0 Å². The van der Waals surface area contributed by atoms with E-state index < -0.39 is 0 Å². The highest BCUT2D eigenvalue weighted by atomic mass is 15.2. The number of rotatable bonds is 7. The van der Waals surface area contributed by atoms with E-state index in [0.29, 0.717) is 0 Å². The molecule has 1 aliphatic heterocycles. The minimum atomic E-state index is 0.767. The van der Waals surface area contributed by atoms with Crippen LogP contribution in [0.3, 0.4) is 0 Å². The van der Waals surface area contributed by atoms with Crippen LogP contribution in [0.5, 0.6) is 0 Å². The fourth-order valence-electron chi connectivity index (χ4n) is 4.20. The molecule has 0 aromatic heterocycles. The van der Waals surface area contributed by atoms with Gasteiger partial charge in [-0.15, -0.1) is 0 Å². The Kier molecular flexibility index (Phi) is 6.15. The number of nitrogens with one attached hydrogen (secondary N) is 1. The first-order valence-electron chi connectivity index (χ1n) is 8.68. The van der Waals surface area contributed by atoms with Crippen LogP contribution in [0.15, 0.2) is 0 Å². The Labute approximate surface area is 120 Å². The van der Waals surface area contributed by atoms with Gasteiger partial charge in [0.1, 0.15) is 0 Å². The molecule has 0 amide bonds. The minimum Gasteiger partial charge on any atom is -0.315 e. The molecule has 0 spiro atoms. The predicted molar refractivity (Wildman–Crippen MR) is 83.5 cm³/mol. The number of likely N-dealkylation sites (tertiary alicyclic amines) is 1. The van der Waals surface area contributed by atoms with Crippen molar-refractivity contribution in [2.24, 2.45) is 11.8 Å². The molecule has 2 rings (SSSR count). The summed E-state index contributed by atoms with van der Waals surface area (Å²) in [6.45, 7) is 10.7. The molecule has 1 heterocycles. The first-order valence-corrected chi connectivity index (χ1v) is 8.68. The summed E-state index contributed by atoms with van der Waals surface area (Å²) in [7, 11) is 0. The van der Waals surface area contributed by atoms with Crippen molar-refractivity contribution in [3.8, 4) is 0 Å². The van der Waals surface area contributed by atoms with E-state index in [2.05, 4.69) is 31.0 Å². The second-order valence-corrected chi connectivity index (χ2v) is 7.13. The molecule has 0 bridgehead atoms. The number of fused-ring (bicyclic) bond motifs is 1. The molecule has 1 N–H and O–H groups in total. The average Bonchev–Trinajstić information content (AvgIpc) is 2.85. The molecule has 1 saturated heterocycles. The van der Waals surface area contributed by atoms with Crippen molar-refractivity contribution in [3.63, 3.8) is 0 Å². The van der Waals surface area contributed by atoms with Crippen molar-refractivity contribution in [3.05, 3.63) is 0 Å². The summed E-state index contributed by atoms with van der Waals surface area (Å²) in [5, 5.41) is 3.71. The summed E-state index contributed by atoms with van der Waals surface area (Å²) in [4.78, 5) is 2.89. The van der Waals surface area contributed by atoms with Gasteiger partial charge in [-0.3, -0.25) is 4.90 Å². The highest BCUT2D eigenvalue weighted by molar-refractivity contribution is 4.92. The summed E-state index contributed by atoms with van der Waals surface area (Å²) in [6.07, 6.45) is 10.1. The Morgan fingerprint density at radius 1 is 1.11 bits per heavy atom. The topological polar surface area (TPSA) is 15.3 Å². The van der Waals surface area contributed by atoms with E-state index in [9.17, 15) is 0 Å². The van der Waals surface area contributed by atoms with E-state index in [0.717, 1.165) is 23.9 Å². The normalized spacial score (nSPS) is 29.7. The second-order valence-electron chi connectivity index (χ2n) is 7.13. The van der Waals surface area contributed by atoms with E-state index >= 15 is 0 Å². The maximum atomic E-state index is 3.71. The third kappa shape index (κ3) is 4.19. The molecule has 1 aliphatic carbocycles. The van der Waals surface area contributed by atoms with Crippen molar-refractivity contribution in [2.75, 3.05) is 19.6 Å². The summed E-state index contributed by atoms with van der Waals surface area (Å²) < 4.78 is 0. The third-order valence-corrected chi connectivity index (χ3v) is 5.06. The van der Waals surface area contributed by atoms with Gasteiger partial charge in [0.15, 0.2) is 0 Å². The van der Waals surface area contributed by atoms with Gasteiger partial charge in [-0.25, -0.2) is 0 Å². The van der Waals surface area contributed by atoms with Crippen LogP contribution in [-0.4, -0.2) is 36.6 Å². The molecule has 2 heteroatoms. The van der Waals surface area contributed by atoms with Crippen LogP contribution in [0.2, 0.25) is 0 Å². The van der Waals surface area contributed by atoms with Crippen molar-refractivity contribution >= 4 is 0 Å². The van der Waals surface area contributed by atoms with Crippen LogP contribution < -0.4 is 5.32 Å². The molecule has 2 fully saturated rings. The van der Waals surface area contributed by atoms with Gasteiger partial charge in [0.25, 0.3) is 0 Å². The first kappa shape index (κ1) is 15.3. The molecule has 2 aliphatic rings. The van der Waals surface area contributed by atoms with E-state index in [-0.39, 0.29) is 0 Å². The lowest BCUT2D eigenvalue weighted by Gasteiger charge is -2.43. The maximum Gasteiger partial charge on any atom is 0.0223 e. The van der Waals surface area contributed by atoms with Gasteiger partial charge >= 0.3 is 0 Å². The molecule has 3 unspecified atom stereocenters. The summed E-state index contributed by atoms with van der Waals surface area (Å²) >= 11 is 0. The Balaban J connectivity index is 1.89. The monoisotopic (exact) mass is 266 g/mol. The largest absolute Gasteiger partial charge is 0.315 e. The summed E-state index contributed by atoms with van der Waals surface area (Å²) in [5.41, 5.74) is 0. The molecule has 0 aromatic rings. The van der Waals surface area contributed by atoms with Crippen LogP contribution in [0.1, 0.15) is 65.7 Å². The number of nitrogens with zero attached hydrogens (tertiary/aromatic N) is 1. The van der Waals surface area contributed by atoms with Gasteiger partial charge in [0.05, 0.1) is 0 Å². The lowest BCUT2D eigenvalue weighted by Crippen LogP contribution is -2.52. The van der Waals surface area contributed by atoms with Gasteiger partial charge in [0.2, 0.25) is 0 Å². The zero-order chi connectivity index (χ0) is 13.7. The Morgan fingerprint density at radius 3 is 2.63 bits per heavy atom. The van der Waals surface area contributed by atoms with Gasteiger partial charge in [0, 0.05) is 18.6 Å². The fourth-order valence-corrected chi connectivity index (χ4v) is 4.20. The molecule has 112 valence electrons. The average molecular weight is 266 g/mol. The van der Waals surface area contributed by atoms with Gasteiger partial charge < -0.3 is 5.32 Å². The molecule has 3 atom stereocenters. The van der Waals surface area contributed by atoms with Crippen LogP contribution >= 0.6 is 0 Å². The van der Waals surface area contributed by atoms with Crippen LogP contribution in [0.4, 0.5) is 0 Å². The van der Waals surface area contributed by atoms with Crippen molar-refractivity contribution < 1.29 is 0 Å². The molecule has 0 aromatic carbocycles. The number of hydrogen-bond donors (Lipinski definition) is 1. The number of piperidine rings is 1. The third-order valence-electron chi connectivity index (χ3n) is 5.06. The second kappa shape index (κ2) is 7.64. The standard InChI is InChI=1S/C17H34N2/c1-4-7-16(13-18-12-14(2)3)19-11-6-9-15-8-5-10-17(15)19/h14-18H,4-13H2,1-3H3. The lowest BCUT2D eigenvalue weighted by atomic mass is 9.90. The lowest BCUT2D eigenvalue weighted by molar-refractivity contribution is 0.0621. The van der Waals surface area contributed by atoms with Crippen LogP contribution in [0.25, 0.3) is 0 Å². The van der Waals surface area contributed by atoms with E-state index in [4.69, 9.17) is 0 Å². The van der Waals surface area contributed by atoms with Crippen molar-refractivity contribution in [1.82, 2.24) is 10.2 Å². The van der Waals surface area contributed by atoms with E-state index in [1.165, 1.54) is 64.6 Å². The zero-order valence-electron chi connectivity index (χ0n) is 13.3. The number of hydrogen-bond acceptors (Lipinski definition) is 2. The minimum absolute atomic E-state index is 0.767. The smallest absolute Gasteiger partial charge is 0.0223 e. The zero-order valence-corrected chi connectivity index (χ0v) is 13.3. The Morgan fingerprint density at radius 2 is 1.89 bits per heavy atom. The van der Waals surface area contributed by atoms with Crippen molar-refractivity contribution in [2.45, 2.75) is 77.8 Å². The molecule has 2 nitrogen and oxygen atoms in total. The SMILES string of the molecule is CCCC(CNCC(C)C)N1CCCC2CCCC21. The van der Waals surface area contributed by atoms with Crippen LogP contribution in [-0.2, 0) is 0 Å². The summed E-state index contributed by atoms with van der Waals surface area (Å²) in [6, 6.07) is 1.71. The van der Waals surface area contributed by atoms with Gasteiger partial charge in [-0.2, -0.15) is 0 Å². The Bertz CT molecular complexity index is 252. The quantitative estimate of drug-likeness (QED) is 0.756. The highest BCUT2D eigenvalue weighted by Gasteiger charge is 2.37. The predicted octanol–water partition coefficient (Wildman–Crippen LogP) is 3.67. The fraction of sp³-hybridized carbons (Fsp3) is 1.00. The molecule has 19 heavy (non-hydrogen) atoms. The first-order chi connectivity index (χ1) is 9.22. The molecule has 1 saturated carbocycles. The molecule has 0 radical (unpaired) electrons. The van der Waals surface area contributed by atoms with E-state index in [1.54, 1.807) is 0 Å². The molecular formula is C17H34N2. The molecular weight excluding hydrogens is 232 g/mol. The van der Waals surface area contributed by atoms with E-state index in [1.807, 2.05) is 0 Å². The highest BCUT2D eigenvalue weighted by Crippen LogP contribution is 2.38. The van der Waals surface area contributed by atoms with Crippen LogP contribution in [0, 0.1) is 11.8 Å². The summed E-state index contributed by atoms with van der Waals surface area (Å²) in [5.74, 6) is 1.79. The maximum absolute atomic E-state index is 3.71. The Hall–Kier alpha value is -0.0800. The van der Waals surface area contributed by atoms with Gasteiger partial charge in [-0.05, 0) is 57.0 Å². The van der Waals surface area contributed by atoms with Gasteiger partial charge in [-0.1, -0.05) is 33.6 Å².